The smallest absolute Gasteiger partial charge is 0.313 e. The lowest BCUT2D eigenvalue weighted by atomic mass is 10.2. The van der Waals surface area contributed by atoms with Crippen LogP contribution in [0.5, 0.6) is 11.5 Å². The van der Waals surface area contributed by atoms with E-state index >= 15 is 0 Å². The summed E-state index contributed by atoms with van der Waals surface area (Å²) < 4.78 is 24.1. The van der Waals surface area contributed by atoms with Crippen LogP contribution in [0, 0.1) is 10.1 Å². The molecule has 1 aliphatic heterocycles. The molecule has 0 amide bonds. The molecule has 0 aliphatic carbocycles. The molecule has 4 rings (SSSR count). The Morgan fingerprint density at radius 2 is 1.82 bits per heavy atom. The number of aromatic nitrogens is 2. The summed E-state index contributed by atoms with van der Waals surface area (Å²) in [5, 5.41) is 18.9. The summed E-state index contributed by atoms with van der Waals surface area (Å²) in [7, 11) is 0.958. The Balaban J connectivity index is 1.54. The molecule has 1 aromatic heterocycles. The summed E-state index contributed by atoms with van der Waals surface area (Å²) in [5.41, 5.74) is 0.666. The largest absolute Gasteiger partial charge is 0.494 e. The number of nitrogens with zero attached hydrogens (tertiary/aromatic N) is 5. The second-order valence-corrected chi connectivity index (χ2v) is 13.4. The van der Waals surface area contributed by atoms with Crippen LogP contribution < -0.4 is 25.4 Å². The third-order valence-corrected chi connectivity index (χ3v) is 8.29. The van der Waals surface area contributed by atoms with Crippen molar-refractivity contribution in [1.82, 2.24) is 19.8 Å². The molecule has 3 aromatic rings. The average molecular weight is 590 g/mol. The minimum Gasteiger partial charge on any atom is -0.494 e. The number of hydrogen-bond donors (Lipinski definition) is 2. The van der Waals surface area contributed by atoms with Gasteiger partial charge in [0.15, 0.2) is 5.82 Å². The van der Waals surface area contributed by atoms with Gasteiger partial charge in [0.1, 0.15) is 24.5 Å². The highest BCUT2D eigenvalue weighted by atomic mass is 35.5. The second kappa shape index (κ2) is 12.8. The fourth-order valence-electron chi connectivity index (χ4n) is 4.24. The standard InChI is InChI=1S/C26H33ClN7O5P/c1-32-9-11-33(12-10-32)13-14-39-23-16-22(38-2)20(15-21(23)34(35)36)30-26-28-17-18(27)25(31-26)29-19-7-5-6-8-24(19)40(3,4)37/h5-8,15-17H,9-14H2,1-4H3,(H2,28,29,30,31). The minimum absolute atomic E-state index is 0.112. The number of methoxy groups -OCH3 is 1. The molecule has 2 N–H and O–H groups in total. The van der Waals surface area contributed by atoms with E-state index in [1.807, 2.05) is 12.1 Å². The highest BCUT2D eigenvalue weighted by Crippen LogP contribution is 2.40. The number of ether oxygens (including phenoxy) is 2. The predicted molar refractivity (Wildman–Crippen MR) is 158 cm³/mol. The number of likely N-dealkylation sites (N-methyl/N-ethyl adjacent to an activating group) is 1. The van der Waals surface area contributed by atoms with Crippen molar-refractivity contribution in [3.8, 4) is 11.5 Å². The normalized spacial score (nSPS) is 14.5. The van der Waals surface area contributed by atoms with E-state index in [0.29, 0.717) is 29.9 Å². The summed E-state index contributed by atoms with van der Waals surface area (Å²) >= 11 is 6.35. The van der Waals surface area contributed by atoms with Gasteiger partial charge in [0.2, 0.25) is 11.7 Å². The summed E-state index contributed by atoms with van der Waals surface area (Å²) in [4.78, 5) is 24.6. The van der Waals surface area contributed by atoms with Crippen molar-refractivity contribution in [1.29, 1.82) is 0 Å². The van der Waals surface area contributed by atoms with Crippen molar-refractivity contribution in [3.05, 3.63) is 57.7 Å². The van der Waals surface area contributed by atoms with E-state index in [4.69, 9.17) is 21.1 Å². The molecule has 214 valence electrons. The van der Waals surface area contributed by atoms with E-state index in [-0.39, 0.29) is 33.9 Å². The van der Waals surface area contributed by atoms with Crippen LogP contribution in [0.25, 0.3) is 0 Å². The van der Waals surface area contributed by atoms with Crippen molar-refractivity contribution in [2.75, 3.05) is 77.5 Å². The van der Waals surface area contributed by atoms with Crippen molar-refractivity contribution < 1.29 is 19.0 Å². The van der Waals surface area contributed by atoms with Gasteiger partial charge in [0.25, 0.3) is 0 Å². The molecule has 2 heterocycles. The maximum Gasteiger partial charge on any atom is 0.313 e. The Morgan fingerprint density at radius 1 is 1.10 bits per heavy atom. The number of nitrogens with one attached hydrogen (secondary N) is 2. The molecule has 1 fully saturated rings. The van der Waals surface area contributed by atoms with Crippen LogP contribution in [0.15, 0.2) is 42.6 Å². The van der Waals surface area contributed by atoms with E-state index in [1.54, 1.807) is 25.5 Å². The highest BCUT2D eigenvalue weighted by Gasteiger charge is 2.23. The molecule has 14 heteroatoms. The van der Waals surface area contributed by atoms with E-state index < -0.39 is 12.1 Å². The molecule has 2 aromatic carbocycles. The first-order chi connectivity index (χ1) is 19.0. The number of nitro benzene ring substituents is 1. The van der Waals surface area contributed by atoms with E-state index in [1.165, 1.54) is 25.4 Å². The number of para-hydroxylation sites is 1. The van der Waals surface area contributed by atoms with Crippen molar-refractivity contribution in [3.63, 3.8) is 0 Å². The zero-order valence-corrected chi connectivity index (χ0v) is 24.5. The molecule has 0 spiro atoms. The zero-order chi connectivity index (χ0) is 28.9. The van der Waals surface area contributed by atoms with Crippen molar-refractivity contribution in [2.45, 2.75) is 0 Å². The fourth-order valence-corrected chi connectivity index (χ4v) is 5.54. The van der Waals surface area contributed by atoms with Crippen molar-refractivity contribution in [2.24, 2.45) is 0 Å². The molecule has 0 unspecified atom stereocenters. The van der Waals surface area contributed by atoms with Gasteiger partial charge in [-0.15, -0.1) is 0 Å². The minimum atomic E-state index is -2.59. The van der Waals surface area contributed by atoms with Crippen LogP contribution >= 0.6 is 18.7 Å². The molecule has 0 atom stereocenters. The van der Waals surface area contributed by atoms with E-state index in [9.17, 15) is 14.7 Å². The van der Waals surface area contributed by atoms with Crippen molar-refractivity contribution >= 4 is 52.9 Å². The van der Waals surface area contributed by atoms with Crippen LogP contribution in [-0.2, 0) is 4.57 Å². The second-order valence-electron chi connectivity index (χ2n) is 9.78. The third-order valence-electron chi connectivity index (χ3n) is 6.47. The number of piperazine rings is 1. The molecule has 0 radical (unpaired) electrons. The van der Waals surface area contributed by atoms with Gasteiger partial charge >= 0.3 is 5.69 Å². The number of anilines is 4. The molecular weight excluding hydrogens is 557 g/mol. The molecular formula is C26H33ClN7O5P. The first-order valence-electron chi connectivity index (χ1n) is 12.7. The Kier molecular flexibility index (Phi) is 9.47. The van der Waals surface area contributed by atoms with Gasteiger partial charge in [0.05, 0.1) is 29.6 Å². The summed E-state index contributed by atoms with van der Waals surface area (Å²) in [5.74, 6) is 0.826. The number of rotatable bonds is 11. The van der Waals surface area contributed by atoms with E-state index in [0.717, 1.165) is 26.2 Å². The maximum atomic E-state index is 12.8. The van der Waals surface area contributed by atoms with Gasteiger partial charge in [-0.25, -0.2) is 4.98 Å². The Labute approximate surface area is 238 Å². The summed E-state index contributed by atoms with van der Waals surface area (Å²) in [6, 6.07) is 10.0. The molecule has 0 saturated carbocycles. The zero-order valence-electron chi connectivity index (χ0n) is 22.9. The number of benzene rings is 2. The molecule has 0 bridgehead atoms. The lowest BCUT2D eigenvalue weighted by Crippen LogP contribution is -2.45. The SMILES string of the molecule is COc1cc(OCCN2CCN(C)CC2)c([N+](=O)[O-])cc1Nc1ncc(Cl)c(Nc2ccccc2P(C)(C)=O)n1. The number of hydrogen-bond acceptors (Lipinski definition) is 11. The van der Waals surface area contributed by atoms with E-state index in [2.05, 4.69) is 37.4 Å². The quantitative estimate of drug-likeness (QED) is 0.187. The maximum absolute atomic E-state index is 12.8. The van der Waals surface area contributed by atoms with Gasteiger partial charge < -0.3 is 29.6 Å². The average Bonchev–Trinajstić information content (AvgIpc) is 2.91. The lowest BCUT2D eigenvalue weighted by Gasteiger charge is -2.32. The Morgan fingerprint density at radius 3 is 2.50 bits per heavy atom. The van der Waals surface area contributed by atoms with Gasteiger partial charge in [-0.2, -0.15) is 4.98 Å². The van der Waals surface area contributed by atoms with Crippen LogP contribution in [0.1, 0.15) is 0 Å². The van der Waals surface area contributed by atoms with Crippen LogP contribution in [-0.4, -0.2) is 91.5 Å². The van der Waals surface area contributed by atoms with Gasteiger partial charge in [-0.3, -0.25) is 15.0 Å². The number of nitro groups is 1. The third kappa shape index (κ3) is 7.39. The van der Waals surface area contributed by atoms with Gasteiger partial charge in [-0.1, -0.05) is 23.7 Å². The fraction of sp³-hybridized carbons (Fsp3) is 0.385. The van der Waals surface area contributed by atoms with Crippen LogP contribution in [0.4, 0.5) is 28.8 Å². The van der Waals surface area contributed by atoms with Crippen LogP contribution in [0.2, 0.25) is 5.02 Å². The monoisotopic (exact) mass is 589 g/mol. The van der Waals surface area contributed by atoms with Gasteiger partial charge in [0, 0.05) is 50.2 Å². The van der Waals surface area contributed by atoms with Crippen LogP contribution in [0.3, 0.4) is 0 Å². The van der Waals surface area contributed by atoms with Gasteiger partial charge in [-0.05, 0) is 32.5 Å². The molecule has 1 aliphatic rings. The Bertz CT molecular complexity index is 1410. The topological polar surface area (TPSA) is 135 Å². The highest BCUT2D eigenvalue weighted by molar-refractivity contribution is 7.70. The molecule has 1 saturated heterocycles. The molecule has 12 nitrogen and oxygen atoms in total. The Hall–Kier alpha value is -3.44. The lowest BCUT2D eigenvalue weighted by molar-refractivity contribution is -0.385. The first kappa shape index (κ1) is 29.5. The number of halogens is 1. The summed E-state index contributed by atoms with van der Waals surface area (Å²) in [6.45, 7) is 8.13. The molecule has 40 heavy (non-hydrogen) atoms. The first-order valence-corrected chi connectivity index (χ1v) is 15.6. The predicted octanol–water partition coefficient (Wildman–Crippen LogP) is 4.41. The summed E-state index contributed by atoms with van der Waals surface area (Å²) in [6.07, 6.45) is 1.40.